The summed E-state index contributed by atoms with van der Waals surface area (Å²) in [5.41, 5.74) is 4.65. The summed E-state index contributed by atoms with van der Waals surface area (Å²) in [5, 5.41) is 0.618. The monoisotopic (exact) mass is 220 g/mol. The van der Waals surface area contributed by atoms with E-state index in [1.165, 1.54) is 11.1 Å². The van der Waals surface area contributed by atoms with E-state index in [9.17, 15) is 0 Å². The van der Waals surface area contributed by atoms with Crippen LogP contribution in [0, 0.1) is 13.8 Å². The first-order valence-electron chi connectivity index (χ1n) is 4.83. The van der Waals surface area contributed by atoms with Gasteiger partial charge in [-0.3, -0.25) is 0 Å². The highest BCUT2D eigenvalue weighted by Gasteiger charge is 2.04. The molecule has 0 saturated heterocycles. The van der Waals surface area contributed by atoms with Gasteiger partial charge in [0.2, 0.25) is 0 Å². The Labute approximate surface area is 94.2 Å². The van der Waals surface area contributed by atoms with Gasteiger partial charge in [-0.15, -0.1) is 0 Å². The molecule has 0 radical (unpaired) electrons. The number of hydrogen-bond donors (Lipinski definition) is 0. The van der Waals surface area contributed by atoms with Crippen LogP contribution in [0.2, 0.25) is 0 Å². The highest BCUT2D eigenvalue weighted by atomic mass is 35.5. The number of aromatic nitrogens is 2. The third-order valence-corrected chi connectivity index (χ3v) is 2.70. The minimum Gasteiger partial charge on any atom is -0.325 e. The Kier molecular flexibility index (Phi) is 2.53. The van der Waals surface area contributed by atoms with Gasteiger partial charge in [0.1, 0.15) is 0 Å². The number of allylic oxidation sites excluding steroid dienone is 1. The Balaban J connectivity index is 2.59. The first kappa shape index (κ1) is 10.2. The van der Waals surface area contributed by atoms with Crippen LogP contribution in [-0.2, 0) is 6.54 Å². The summed E-state index contributed by atoms with van der Waals surface area (Å²) in [5.74, 6) is 0. The van der Waals surface area contributed by atoms with Crippen LogP contribution in [0.4, 0.5) is 0 Å². The van der Waals surface area contributed by atoms with Crippen molar-refractivity contribution in [2.24, 2.45) is 0 Å². The van der Waals surface area contributed by atoms with E-state index in [0.717, 1.165) is 11.0 Å². The zero-order valence-electron chi connectivity index (χ0n) is 8.92. The fourth-order valence-electron chi connectivity index (χ4n) is 1.62. The van der Waals surface area contributed by atoms with Gasteiger partial charge in [0.05, 0.1) is 23.9 Å². The predicted molar refractivity (Wildman–Crippen MR) is 64.2 cm³/mol. The van der Waals surface area contributed by atoms with Gasteiger partial charge in [0.15, 0.2) is 0 Å². The van der Waals surface area contributed by atoms with Gasteiger partial charge in [-0.2, -0.15) is 0 Å². The van der Waals surface area contributed by atoms with E-state index in [4.69, 9.17) is 11.6 Å². The lowest BCUT2D eigenvalue weighted by molar-refractivity contribution is 0.839. The Morgan fingerprint density at radius 1 is 1.40 bits per heavy atom. The highest BCUT2D eigenvalue weighted by Crippen LogP contribution is 2.19. The summed E-state index contributed by atoms with van der Waals surface area (Å²) in [7, 11) is 0. The molecule has 1 aromatic heterocycles. The summed E-state index contributed by atoms with van der Waals surface area (Å²) in [4.78, 5) is 4.34. The quantitative estimate of drug-likeness (QED) is 0.759. The maximum absolute atomic E-state index is 5.80. The van der Waals surface area contributed by atoms with Crippen molar-refractivity contribution in [1.82, 2.24) is 9.55 Å². The maximum atomic E-state index is 5.80. The van der Waals surface area contributed by atoms with Crippen LogP contribution in [0.25, 0.3) is 11.0 Å². The maximum Gasteiger partial charge on any atom is 0.0961 e. The second-order valence-electron chi connectivity index (χ2n) is 3.81. The van der Waals surface area contributed by atoms with E-state index < -0.39 is 0 Å². The Morgan fingerprint density at radius 2 is 2.07 bits per heavy atom. The molecule has 0 N–H and O–H groups in total. The smallest absolute Gasteiger partial charge is 0.0961 e. The second-order valence-corrected chi connectivity index (χ2v) is 4.35. The predicted octanol–water partition coefficient (Wildman–Crippen LogP) is 3.41. The fourth-order valence-corrected chi connectivity index (χ4v) is 1.75. The van der Waals surface area contributed by atoms with Crippen molar-refractivity contribution in [3.05, 3.63) is 41.2 Å². The number of hydrogen-bond acceptors (Lipinski definition) is 1. The van der Waals surface area contributed by atoms with Gasteiger partial charge in [0.25, 0.3) is 0 Å². The highest BCUT2D eigenvalue weighted by molar-refractivity contribution is 6.29. The summed E-state index contributed by atoms with van der Waals surface area (Å²) in [6, 6.07) is 4.23. The molecule has 0 aliphatic carbocycles. The van der Waals surface area contributed by atoms with Gasteiger partial charge >= 0.3 is 0 Å². The van der Waals surface area contributed by atoms with E-state index in [1.807, 2.05) is 4.57 Å². The standard InChI is InChI=1S/C12H13ClN2/c1-8-4-11-12(5-9(8)2)15(7-14-11)6-10(3)13/h4-5,7H,3,6H2,1-2H3. The fraction of sp³-hybridized carbons (Fsp3) is 0.250. The molecule has 1 heterocycles. The van der Waals surface area contributed by atoms with Gasteiger partial charge in [-0.05, 0) is 37.1 Å². The zero-order valence-corrected chi connectivity index (χ0v) is 9.67. The van der Waals surface area contributed by atoms with Gasteiger partial charge in [0, 0.05) is 5.03 Å². The molecule has 0 amide bonds. The SMILES string of the molecule is C=C(Cl)Cn1cnc2cc(C)c(C)cc21. The molecule has 0 atom stereocenters. The van der Waals surface area contributed by atoms with Gasteiger partial charge in [-0.25, -0.2) is 4.98 Å². The molecule has 0 fully saturated rings. The molecule has 3 heteroatoms. The summed E-state index contributed by atoms with van der Waals surface area (Å²) in [6.45, 7) is 8.50. The Morgan fingerprint density at radius 3 is 2.73 bits per heavy atom. The lowest BCUT2D eigenvalue weighted by Gasteiger charge is -2.04. The summed E-state index contributed by atoms with van der Waals surface area (Å²) in [6.07, 6.45) is 1.80. The lowest BCUT2D eigenvalue weighted by atomic mass is 10.1. The number of halogens is 1. The number of imidazole rings is 1. The molecule has 78 valence electrons. The zero-order chi connectivity index (χ0) is 11.0. The topological polar surface area (TPSA) is 17.8 Å². The van der Waals surface area contributed by atoms with Crippen LogP contribution in [0.3, 0.4) is 0 Å². The second kappa shape index (κ2) is 3.70. The Hall–Kier alpha value is -1.28. The minimum absolute atomic E-state index is 0.612. The molecule has 0 aliphatic rings. The number of nitrogens with zero attached hydrogens (tertiary/aromatic N) is 2. The summed E-state index contributed by atoms with van der Waals surface area (Å²) < 4.78 is 2.01. The normalized spacial score (nSPS) is 10.9. The van der Waals surface area contributed by atoms with Crippen molar-refractivity contribution in [2.45, 2.75) is 20.4 Å². The van der Waals surface area contributed by atoms with Crippen LogP contribution in [0.15, 0.2) is 30.1 Å². The lowest BCUT2D eigenvalue weighted by Crippen LogP contribution is -1.95. The molecule has 2 aromatic rings. The molecule has 0 saturated carbocycles. The van der Waals surface area contributed by atoms with E-state index in [-0.39, 0.29) is 0 Å². The van der Waals surface area contributed by atoms with E-state index in [1.54, 1.807) is 6.33 Å². The molecular formula is C12H13ClN2. The molecule has 15 heavy (non-hydrogen) atoms. The first-order valence-corrected chi connectivity index (χ1v) is 5.21. The van der Waals surface area contributed by atoms with Crippen molar-refractivity contribution in [3.63, 3.8) is 0 Å². The van der Waals surface area contributed by atoms with Crippen LogP contribution >= 0.6 is 11.6 Å². The van der Waals surface area contributed by atoms with Crippen LogP contribution in [0.5, 0.6) is 0 Å². The largest absolute Gasteiger partial charge is 0.325 e. The number of aryl methyl sites for hydroxylation is 2. The third-order valence-electron chi connectivity index (χ3n) is 2.58. The molecule has 2 rings (SSSR count). The number of fused-ring (bicyclic) bond motifs is 1. The van der Waals surface area contributed by atoms with Crippen molar-refractivity contribution >= 4 is 22.6 Å². The molecule has 2 nitrogen and oxygen atoms in total. The average molecular weight is 221 g/mol. The number of rotatable bonds is 2. The van der Waals surface area contributed by atoms with Crippen molar-refractivity contribution in [1.29, 1.82) is 0 Å². The number of benzene rings is 1. The van der Waals surface area contributed by atoms with Crippen molar-refractivity contribution in [3.8, 4) is 0 Å². The molecular weight excluding hydrogens is 208 g/mol. The van der Waals surface area contributed by atoms with Crippen molar-refractivity contribution < 1.29 is 0 Å². The molecule has 0 bridgehead atoms. The first-order chi connectivity index (χ1) is 7.08. The van der Waals surface area contributed by atoms with Gasteiger partial charge in [-0.1, -0.05) is 18.2 Å². The third kappa shape index (κ3) is 1.90. The van der Waals surface area contributed by atoms with Crippen LogP contribution in [0.1, 0.15) is 11.1 Å². The average Bonchev–Trinajstić information content (AvgIpc) is 2.49. The van der Waals surface area contributed by atoms with E-state index in [2.05, 4.69) is 37.5 Å². The summed E-state index contributed by atoms with van der Waals surface area (Å²) >= 11 is 5.80. The Bertz CT molecular complexity index is 526. The van der Waals surface area contributed by atoms with E-state index >= 15 is 0 Å². The van der Waals surface area contributed by atoms with Crippen LogP contribution < -0.4 is 0 Å². The van der Waals surface area contributed by atoms with Crippen LogP contribution in [-0.4, -0.2) is 9.55 Å². The molecule has 1 aromatic carbocycles. The molecule has 0 spiro atoms. The molecule has 0 aliphatic heterocycles. The van der Waals surface area contributed by atoms with Gasteiger partial charge < -0.3 is 4.57 Å². The van der Waals surface area contributed by atoms with Crippen molar-refractivity contribution in [2.75, 3.05) is 0 Å². The van der Waals surface area contributed by atoms with E-state index in [0.29, 0.717) is 11.6 Å². The minimum atomic E-state index is 0.612. The molecule has 0 unspecified atom stereocenters.